The van der Waals surface area contributed by atoms with Gasteiger partial charge in [0, 0.05) is 17.1 Å². The van der Waals surface area contributed by atoms with Crippen molar-refractivity contribution >= 4 is 17.4 Å². The third-order valence-electron chi connectivity index (χ3n) is 1.94. The Kier molecular flexibility index (Phi) is 5.47. The number of hydrogen-bond acceptors (Lipinski definition) is 2. The van der Waals surface area contributed by atoms with E-state index in [0.717, 1.165) is 25.1 Å². The van der Waals surface area contributed by atoms with Crippen LogP contribution in [-0.4, -0.2) is 12.3 Å². The van der Waals surface area contributed by atoms with E-state index in [9.17, 15) is 8.78 Å². The zero-order chi connectivity index (χ0) is 11.1. The molecular weight excluding hydrogens is 216 g/mol. The van der Waals surface area contributed by atoms with E-state index < -0.39 is 5.76 Å². The van der Waals surface area contributed by atoms with Gasteiger partial charge in [0.25, 0.3) is 5.76 Å². The molecule has 1 aromatic carbocycles. The van der Waals surface area contributed by atoms with Gasteiger partial charge in [-0.25, -0.2) is 0 Å². The predicted molar refractivity (Wildman–Crippen MR) is 61.7 cm³/mol. The van der Waals surface area contributed by atoms with Gasteiger partial charge in [-0.05, 0) is 30.7 Å². The summed E-state index contributed by atoms with van der Waals surface area (Å²) in [5, 5.41) is 3.23. The van der Waals surface area contributed by atoms with Gasteiger partial charge in [-0.15, -0.1) is 0 Å². The zero-order valence-electron chi connectivity index (χ0n) is 8.67. The molecule has 1 rings (SSSR count). The van der Waals surface area contributed by atoms with Crippen molar-refractivity contribution in [2.45, 2.75) is 30.4 Å². The van der Waals surface area contributed by atoms with Gasteiger partial charge in [-0.1, -0.05) is 25.1 Å². The Hall–Kier alpha value is -0.770. The topological polar surface area (TPSA) is 12.0 Å². The van der Waals surface area contributed by atoms with Crippen LogP contribution in [0.5, 0.6) is 0 Å². The van der Waals surface area contributed by atoms with Gasteiger partial charge in [0.05, 0.1) is 0 Å². The van der Waals surface area contributed by atoms with Gasteiger partial charge in [-0.3, -0.25) is 0 Å². The van der Waals surface area contributed by atoms with E-state index in [4.69, 9.17) is 0 Å². The highest BCUT2D eigenvalue weighted by atomic mass is 32.2. The van der Waals surface area contributed by atoms with Crippen LogP contribution in [0, 0.1) is 0 Å². The van der Waals surface area contributed by atoms with Crippen LogP contribution >= 0.6 is 11.8 Å². The molecule has 1 aromatic rings. The fraction of sp³-hybridized carbons (Fsp3) is 0.455. The van der Waals surface area contributed by atoms with Crippen molar-refractivity contribution in [1.29, 1.82) is 0 Å². The molecule has 15 heavy (non-hydrogen) atoms. The summed E-state index contributed by atoms with van der Waals surface area (Å²) in [7, 11) is 0. The summed E-state index contributed by atoms with van der Waals surface area (Å²) < 4.78 is 24.0. The Labute approximate surface area is 93.3 Å². The maximum Gasteiger partial charge on any atom is 0.288 e. The Morgan fingerprint density at radius 1 is 1.27 bits per heavy atom. The maximum absolute atomic E-state index is 12.0. The first-order valence-electron chi connectivity index (χ1n) is 5.01. The summed E-state index contributed by atoms with van der Waals surface area (Å²) >= 11 is 0.574. The largest absolute Gasteiger partial charge is 0.385 e. The van der Waals surface area contributed by atoms with Gasteiger partial charge in [0.2, 0.25) is 0 Å². The molecule has 0 bridgehead atoms. The molecule has 0 fully saturated rings. The molecule has 0 unspecified atom stereocenters. The Balaban J connectivity index is 2.42. The van der Waals surface area contributed by atoms with Gasteiger partial charge < -0.3 is 5.32 Å². The summed E-state index contributed by atoms with van der Waals surface area (Å²) in [6.07, 6.45) is 2.26. The van der Waals surface area contributed by atoms with Crippen LogP contribution < -0.4 is 5.32 Å². The van der Waals surface area contributed by atoms with Crippen LogP contribution in [0.15, 0.2) is 29.2 Å². The highest BCUT2D eigenvalue weighted by Crippen LogP contribution is 2.26. The second-order valence-corrected chi connectivity index (χ2v) is 4.25. The average Bonchev–Trinajstić information content (AvgIpc) is 2.20. The van der Waals surface area contributed by atoms with Crippen LogP contribution in [0.2, 0.25) is 0 Å². The third kappa shape index (κ3) is 5.02. The Bertz CT molecular complexity index is 274. The lowest BCUT2D eigenvalue weighted by atomic mass is 10.3. The molecule has 0 aliphatic heterocycles. The molecule has 0 saturated heterocycles. The molecule has 0 aromatic heterocycles. The fourth-order valence-corrected chi connectivity index (χ4v) is 1.66. The smallest absolute Gasteiger partial charge is 0.288 e. The highest BCUT2D eigenvalue weighted by Gasteiger charge is 2.04. The van der Waals surface area contributed by atoms with Crippen molar-refractivity contribution in [2.24, 2.45) is 0 Å². The molecule has 0 radical (unpaired) electrons. The highest BCUT2D eigenvalue weighted by molar-refractivity contribution is 7.99. The molecule has 1 N–H and O–H groups in total. The molecule has 0 spiro atoms. The molecule has 0 heterocycles. The molecule has 0 aliphatic rings. The molecule has 4 heteroatoms. The summed E-state index contributed by atoms with van der Waals surface area (Å²) in [4.78, 5) is 0.603. The molecule has 0 atom stereocenters. The van der Waals surface area contributed by atoms with E-state index in [1.165, 1.54) is 0 Å². The zero-order valence-corrected chi connectivity index (χ0v) is 9.49. The van der Waals surface area contributed by atoms with Gasteiger partial charge >= 0.3 is 0 Å². The van der Waals surface area contributed by atoms with Crippen LogP contribution in [0.25, 0.3) is 0 Å². The minimum absolute atomic E-state index is 0.574. The first-order valence-corrected chi connectivity index (χ1v) is 5.89. The van der Waals surface area contributed by atoms with Crippen LogP contribution in [0.4, 0.5) is 14.5 Å². The first-order chi connectivity index (χ1) is 7.22. The lowest BCUT2D eigenvalue weighted by Gasteiger charge is -2.06. The average molecular weight is 231 g/mol. The second-order valence-electron chi connectivity index (χ2n) is 3.18. The summed E-state index contributed by atoms with van der Waals surface area (Å²) in [5.41, 5.74) is 0.988. The minimum atomic E-state index is -2.34. The van der Waals surface area contributed by atoms with E-state index in [-0.39, 0.29) is 0 Å². The monoisotopic (exact) mass is 231 g/mol. The van der Waals surface area contributed by atoms with Gasteiger partial charge in [0.15, 0.2) is 0 Å². The van der Waals surface area contributed by atoms with Crippen LogP contribution in [-0.2, 0) is 0 Å². The predicted octanol–water partition coefficient (Wildman–Crippen LogP) is 4.21. The third-order valence-corrected chi connectivity index (χ3v) is 2.66. The second kappa shape index (κ2) is 6.67. The first kappa shape index (κ1) is 12.3. The molecule has 0 saturated carbocycles. The van der Waals surface area contributed by atoms with Crippen molar-refractivity contribution < 1.29 is 8.78 Å². The summed E-state index contributed by atoms with van der Waals surface area (Å²) in [6.45, 7) is 3.06. The minimum Gasteiger partial charge on any atom is -0.385 e. The molecule has 1 nitrogen and oxygen atoms in total. The van der Waals surface area contributed by atoms with E-state index in [2.05, 4.69) is 12.2 Å². The van der Waals surface area contributed by atoms with Crippen LogP contribution in [0.1, 0.15) is 19.8 Å². The number of nitrogens with one attached hydrogen (secondary N) is 1. The number of unbranched alkanes of at least 4 members (excludes halogenated alkanes) is 1. The number of rotatable bonds is 6. The molecule has 0 aliphatic carbocycles. The molecule has 84 valence electrons. The van der Waals surface area contributed by atoms with E-state index >= 15 is 0 Å². The normalized spacial score (nSPS) is 10.7. The van der Waals surface area contributed by atoms with Crippen molar-refractivity contribution in [1.82, 2.24) is 0 Å². The Morgan fingerprint density at radius 3 is 2.47 bits per heavy atom. The van der Waals surface area contributed by atoms with E-state index in [1.54, 1.807) is 12.1 Å². The summed E-state index contributed by atoms with van der Waals surface area (Å²) in [5.74, 6) is -2.34. The van der Waals surface area contributed by atoms with Crippen molar-refractivity contribution in [2.75, 3.05) is 11.9 Å². The van der Waals surface area contributed by atoms with E-state index in [1.807, 2.05) is 12.1 Å². The number of alkyl halides is 2. The number of halogens is 2. The number of hydrogen-bond donors (Lipinski definition) is 1. The summed E-state index contributed by atoms with van der Waals surface area (Å²) in [6, 6.07) is 7.09. The molecular formula is C11H15F2NS. The van der Waals surface area contributed by atoms with Gasteiger partial charge in [-0.2, -0.15) is 8.78 Å². The van der Waals surface area contributed by atoms with Crippen molar-refractivity contribution in [3.8, 4) is 0 Å². The van der Waals surface area contributed by atoms with E-state index in [0.29, 0.717) is 16.7 Å². The molecule has 0 amide bonds. The standard InChI is InChI=1S/C11H15F2NS/c1-2-3-8-14-9-4-6-10(7-5-9)15-11(12)13/h4-7,11,14H,2-3,8H2,1H3. The maximum atomic E-state index is 12.0. The number of thioether (sulfide) groups is 1. The lowest BCUT2D eigenvalue weighted by molar-refractivity contribution is 0.252. The van der Waals surface area contributed by atoms with Crippen molar-refractivity contribution in [3.63, 3.8) is 0 Å². The van der Waals surface area contributed by atoms with Gasteiger partial charge in [0.1, 0.15) is 0 Å². The number of anilines is 1. The lowest BCUT2D eigenvalue weighted by Crippen LogP contribution is -2.00. The van der Waals surface area contributed by atoms with Crippen molar-refractivity contribution in [3.05, 3.63) is 24.3 Å². The van der Waals surface area contributed by atoms with Crippen LogP contribution in [0.3, 0.4) is 0 Å². The fourth-order valence-electron chi connectivity index (χ4n) is 1.16. The SMILES string of the molecule is CCCCNc1ccc(SC(F)F)cc1. The quantitative estimate of drug-likeness (QED) is 0.581. The Morgan fingerprint density at radius 2 is 1.93 bits per heavy atom. The number of benzene rings is 1.